The number of alkyl halides is 2. The van der Waals surface area contributed by atoms with Gasteiger partial charge in [0.25, 0.3) is 6.43 Å². The number of fused-ring (bicyclic) bond motifs is 1. The fraction of sp³-hybridized carbons (Fsp3) is 0.333. The van der Waals surface area contributed by atoms with Gasteiger partial charge in [0, 0.05) is 23.3 Å². The van der Waals surface area contributed by atoms with Crippen molar-refractivity contribution in [1.82, 2.24) is 15.0 Å². The molecule has 0 aliphatic heterocycles. The van der Waals surface area contributed by atoms with Crippen molar-refractivity contribution >= 4 is 11.0 Å². The smallest absolute Gasteiger partial charge is 0.284 e. The summed E-state index contributed by atoms with van der Waals surface area (Å²) in [6, 6.07) is 6.89. The van der Waals surface area contributed by atoms with E-state index in [0.29, 0.717) is 11.3 Å². The molecule has 0 amide bonds. The van der Waals surface area contributed by atoms with E-state index in [1.54, 1.807) is 30.6 Å². The molecule has 130 valence electrons. The molecule has 7 heteroatoms. The maximum Gasteiger partial charge on any atom is 0.284 e. The highest BCUT2D eigenvalue weighted by Crippen LogP contribution is 2.35. The van der Waals surface area contributed by atoms with Gasteiger partial charge in [0.2, 0.25) is 0 Å². The summed E-state index contributed by atoms with van der Waals surface area (Å²) in [7, 11) is 0. The van der Waals surface area contributed by atoms with Crippen LogP contribution in [0.1, 0.15) is 31.4 Å². The first kappa shape index (κ1) is 16.0. The van der Waals surface area contributed by atoms with Crippen LogP contribution in [0.4, 0.5) is 8.78 Å². The Kier molecular flexibility index (Phi) is 3.88. The standard InChI is InChI=1S/C18H18F2N4O/c19-16(20)15-14(25-10-18(21)6-2-7-18)5-4-13(24-15)12-9-23-17-11(12)3-1-8-22-17/h1,3-5,8-9,16H,2,6-7,10,21H2,(H,22,23). The minimum Gasteiger partial charge on any atom is -0.490 e. The van der Waals surface area contributed by atoms with Crippen LogP contribution in [0.2, 0.25) is 0 Å². The molecule has 1 fully saturated rings. The summed E-state index contributed by atoms with van der Waals surface area (Å²) in [6.07, 6.45) is 3.41. The van der Waals surface area contributed by atoms with Gasteiger partial charge in [-0.1, -0.05) is 0 Å². The zero-order chi connectivity index (χ0) is 17.4. The molecule has 1 aliphatic carbocycles. The molecule has 3 aromatic heterocycles. The zero-order valence-corrected chi connectivity index (χ0v) is 13.5. The number of nitrogens with one attached hydrogen (secondary N) is 1. The molecule has 3 N–H and O–H groups in total. The molecule has 0 unspecified atom stereocenters. The van der Waals surface area contributed by atoms with Crippen molar-refractivity contribution in [1.29, 1.82) is 0 Å². The first-order chi connectivity index (χ1) is 12.1. The van der Waals surface area contributed by atoms with E-state index in [1.165, 1.54) is 0 Å². The number of nitrogens with two attached hydrogens (primary N) is 1. The highest BCUT2D eigenvalue weighted by molar-refractivity contribution is 5.92. The maximum absolute atomic E-state index is 13.5. The van der Waals surface area contributed by atoms with Crippen molar-refractivity contribution in [3.63, 3.8) is 0 Å². The second-order valence-corrected chi connectivity index (χ2v) is 6.49. The Morgan fingerprint density at radius 3 is 2.84 bits per heavy atom. The van der Waals surface area contributed by atoms with Gasteiger partial charge in [-0.15, -0.1) is 0 Å². The first-order valence-electron chi connectivity index (χ1n) is 8.19. The third kappa shape index (κ3) is 2.95. The summed E-state index contributed by atoms with van der Waals surface area (Å²) < 4.78 is 32.5. The Morgan fingerprint density at radius 1 is 1.28 bits per heavy atom. The molecular formula is C18H18F2N4O. The van der Waals surface area contributed by atoms with Gasteiger partial charge in [-0.25, -0.2) is 18.7 Å². The summed E-state index contributed by atoms with van der Waals surface area (Å²) in [5, 5.41) is 0.833. The molecular weight excluding hydrogens is 326 g/mol. The number of aromatic nitrogens is 3. The van der Waals surface area contributed by atoms with Crippen molar-refractivity contribution in [2.75, 3.05) is 6.61 Å². The quantitative estimate of drug-likeness (QED) is 0.738. The number of halogens is 2. The number of hydrogen-bond donors (Lipinski definition) is 2. The van der Waals surface area contributed by atoms with Gasteiger partial charge in [0.05, 0.1) is 11.2 Å². The second kappa shape index (κ2) is 6.07. The molecule has 0 atom stereocenters. The number of pyridine rings is 2. The largest absolute Gasteiger partial charge is 0.490 e. The van der Waals surface area contributed by atoms with Crippen LogP contribution >= 0.6 is 0 Å². The SMILES string of the molecule is NC1(COc2ccc(-c3c[nH]c4ncccc34)nc2C(F)F)CCC1. The average molecular weight is 344 g/mol. The number of ether oxygens (including phenoxy) is 1. The van der Waals surface area contributed by atoms with E-state index in [-0.39, 0.29) is 18.1 Å². The fourth-order valence-electron chi connectivity index (χ4n) is 3.06. The first-order valence-corrected chi connectivity index (χ1v) is 8.19. The Bertz CT molecular complexity index is 905. The molecule has 1 saturated carbocycles. The van der Waals surface area contributed by atoms with Gasteiger partial charge in [-0.2, -0.15) is 0 Å². The minimum atomic E-state index is -2.73. The normalized spacial score (nSPS) is 16.2. The topological polar surface area (TPSA) is 76.8 Å². The number of rotatable bonds is 5. The predicted molar refractivity (Wildman–Crippen MR) is 90.5 cm³/mol. The van der Waals surface area contributed by atoms with E-state index < -0.39 is 12.0 Å². The minimum absolute atomic E-state index is 0.0911. The Hall–Kier alpha value is -2.54. The second-order valence-electron chi connectivity index (χ2n) is 6.49. The molecule has 1 aliphatic rings. The highest BCUT2D eigenvalue weighted by atomic mass is 19.3. The fourth-order valence-corrected chi connectivity index (χ4v) is 3.06. The van der Waals surface area contributed by atoms with Crippen LogP contribution in [-0.4, -0.2) is 27.1 Å². The van der Waals surface area contributed by atoms with Gasteiger partial charge < -0.3 is 15.5 Å². The molecule has 0 spiro atoms. The summed E-state index contributed by atoms with van der Waals surface area (Å²) in [5.74, 6) is 0.0911. The van der Waals surface area contributed by atoms with E-state index in [2.05, 4.69) is 15.0 Å². The molecule has 25 heavy (non-hydrogen) atoms. The van der Waals surface area contributed by atoms with Gasteiger partial charge in [0.1, 0.15) is 23.7 Å². The Labute approximate surface area is 143 Å². The Balaban J connectivity index is 1.67. The van der Waals surface area contributed by atoms with E-state index in [1.807, 2.05) is 6.07 Å². The molecule has 0 saturated heterocycles. The number of hydrogen-bond acceptors (Lipinski definition) is 4. The summed E-state index contributed by atoms with van der Waals surface area (Å²) in [4.78, 5) is 11.4. The number of nitrogens with zero attached hydrogens (tertiary/aromatic N) is 2. The lowest BCUT2D eigenvalue weighted by molar-refractivity contribution is 0.120. The molecule has 3 aromatic rings. The van der Waals surface area contributed by atoms with Crippen molar-refractivity contribution < 1.29 is 13.5 Å². The van der Waals surface area contributed by atoms with E-state index in [4.69, 9.17) is 10.5 Å². The van der Waals surface area contributed by atoms with Crippen LogP contribution in [0.5, 0.6) is 5.75 Å². The van der Waals surface area contributed by atoms with E-state index in [9.17, 15) is 8.78 Å². The highest BCUT2D eigenvalue weighted by Gasteiger charge is 2.34. The number of H-pyrrole nitrogens is 1. The molecule has 5 nitrogen and oxygen atoms in total. The maximum atomic E-state index is 13.5. The molecule has 0 bridgehead atoms. The molecule has 3 heterocycles. The molecule has 4 rings (SSSR count). The van der Waals surface area contributed by atoms with E-state index in [0.717, 1.165) is 30.2 Å². The number of aromatic amines is 1. The lowest BCUT2D eigenvalue weighted by Gasteiger charge is -2.37. The predicted octanol–water partition coefficient (Wildman–Crippen LogP) is 3.82. The third-order valence-corrected chi connectivity index (χ3v) is 4.68. The van der Waals surface area contributed by atoms with Crippen molar-refractivity contribution in [3.05, 3.63) is 42.4 Å². The van der Waals surface area contributed by atoms with Crippen LogP contribution in [0.25, 0.3) is 22.3 Å². The van der Waals surface area contributed by atoms with Crippen LogP contribution in [-0.2, 0) is 0 Å². The van der Waals surface area contributed by atoms with Crippen LogP contribution in [0, 0.1) is 0 Å². The van der Waals surface area contributed by atoms with Gasteiger partial charge in [-0.05, 0) is 43.5 Å². The van der Waals surface area contributed by atoms with Gasteiger partial charge >= 0.3 is 0 Å². The lowest BCUT2D eigenvalue weighted by Crippen LogP contribution is -2.51. The summed E-state index contributed by atoms with van der Waals surface area (Å²) in [5.41, 5.74) is 7.21. The van der Waals surface area contributed by atoms with Crippen molar-refractivity contribution in [2.45, 2.75) is 31.2 Å². The van der Waals surface area contributed by atoms with Gasteiger partial charge in [-0.3, -0.25) is 0 Å². The van der Waals surface area contributed by atoms with Gasteiger partial charge in [0.15, 0.2) is 0 Å². The Morgan fingerprint density at radius 2 is 2.12 bits per heavy atom. The van der Waals surface area contributed by atoms with Crippen LogP contribution in [0.15, 0.2) is 36.7 Å². The summed E-state index contributed by atoms with van der Waals surface area (Å²) >= 11 is 0. The monoisotopic (exact) mass is 344 g/mol. The van der Waals surface area contributed by atoms with E-state index >= 15 is 0 Å². The van der Waals surface area contributed by atoms with Crippen LogP contribution in [0.3, 0.4) is 0 Å². The average Bonchev–Trinajstić information content (AvgIpc) is 3.02. The third-order valence-electron chi connectivity index (χ3n) is 4.68. The zero-order valence-electron chi connectivity index (χ0n) is 13.5. The lowest BCUT2D eigenvalue weighted by atomic mass is 9.78. The molecule has 0 aromatic carbocycles. The van der Waals surface area contributed by atoms with Crippen molar-refractivity contribution in [2.24, 2.45) is 5.73 Å². The molecule has 0 radical (unpaired) electrons. The summed E-state index contributed by atoms with van der Waals surface area (Å²) in [6.45, 7) is 0.227. The van der Waals surface area contributed by atoms with Crippen molar-refractivity contribution in [3.8, 4) is 17.0 Å². The van der Waals surface area contributed by atoms with Crippen LogP contribution < -0.4 is 10.5 Å².